The highest BCUT2D eigenvalue weighted by molar-refractivity contribution is 6.35. The van der Waals surface area contributed by atoms with Crippen LogP contribution >= 0.6 is 0 Å². The SMILES string of the molecule is CN(C)c1cc(NC(=O)CN2CCC3(CCC3)C2)c(O)c2c1CC1CC3C(N(C)C)C(=O)C(C(N)=O)C4=NOC43C(=O)C1C2=O. The lowest BCUT2D eigenvalue weighted by molar-refractivity contribution is -0.176. The molecule has 45 heavy (non-hydrogen) atoms. The van der Waals surface area contributed by atoms with E-state index in [1.165, 1.54) is 19.3 Å². The number of oxime groups is 1. The highest BCUT2D eigenvalue weighted by Gasteiger charge is 2.74. The Morgan fingerprint density at radius 2 is 1.91 bits per heavy atom. The van der Waals surface area contributed by atoms with Gasteiger partial charge in [0, 0.05) is 32.2 Å². The number of rotatable bonds is 6. The first kappa shape index (κ1) is 29.8. The minimum Gasteiger partial charge on any atom is -0.505 e. The van der Waals surface area contributed by atoms with Crippen LogP contribution in [-0.4, -0.2) is 109 Å². The zero-order valence-corrected chi connectivity index (χ0v) is 26.1. The molecule has 0 radical (unpaired) electrons. The fraction of sp³-hybridized carbons (Fsp3) is 0.625. The number of nitrogens with zero attached hydrogens (tertiary/aromatic N) is 4. The average Bonchev–Trinajstić information content (AvgIpc) is 3.36. The lowest BCUT2D eigenvalue weighted by Gasteiger charge is -2.57. The van der Waals surface area contributed by atoms with E-state index in [0.717, 1.165) is 19.5 Å². The number of phenolic OH excluding ortho intramolecular Hbond substituents is 1. The van der Waals surface area contributed by atoms with Crippen molar-refractivity contribution in [1.82, 2.24) is 9.80 Å². The van der Waals surface area contributed by atoms with Crippen molar-refractivity contribution < 1.29 is 33.9 Å². The zero-order chi connectivity index (χ0) is 32.2. The maximum absolute atomic E-state index is 14.4. The van der Waals surface area contributed by atoms with E-state index in [-0.39, 0.29) is 48.0 Å². The monoisotopic (exact) mass is 620 g/mol. The molecule has 2 spiro atoms. The molecule has 1 saturated heterocycles. The molecule has 4 fully saturated rings. The van der Waals surface area contributed by atoms with Gasteiger partial charge in [0.05, 0.1) is 29.8 Å². The van der Waals surface area contributed by atoms with Crippen LogP contribution in [0, 0.1) is 29.1 Å². The van der Waals surface area contributed by atoms with Crippen LogP contribution < -0.4 is 16.0 Å². The third-order valence-corrected chi connectivity index (χ3v) is 11.4. The molecule has 3 saturated carbocycles. The van der Waals surface area contributed by atoms with Crippen molar-refractivity contribution in [3.05, 3.63) is 17.2 Å². The van der Waals surface area contributed by atoms with Crippen LogP contribution in [0.15, 0.2) is 11.2 Å². The first-order valence-corrected chi connectivity index (χ1v) is 15.7. The minimum atomic E-state index is -1.73. The van der Waals surface area contributed by atoms with Gasteiger partial charge in [0.1, 0.15) is 17.4 Å². The molecule has 6 unspecified atom stereocenters. The molecule has 1 aromatic carbocycles. The van der Waals surface area contributed by atoms with Crippen LogP contribution in [0.1, 0.15) is 48.0 Å². The number of hydrogen-bond donors (Lipinski definition) is 3. The Balaban J connectivity index is 1.23. The number of primary amides is 1. The molecule has 2 amide bonds. The normalized spacial score (nSPS) is 32.8. The molecule has 7 rings (SSSR count). The number of phenols is 1. The van der Waals surface area contributed by atoms with E-state index in [1.54, 1.807) is 25.1 Å². The molecule has 0 aromatic heterocycles. The predicted octanol–water partition coefficient (Wildman–Crippen LogP) is 0.572. The lowest BCUT2D eigenvalue weighted by Crippen LogP contribution is -2.77. The van der Waals surface area contributed by atoms with Gasteiger partial charge in [-0.05, 0) is 75.7 Å². The average molecular weight is 621 g/mol. The fourth-order valence-corrected chi connectivity index (χ4v) is 9.15. The number of Topliss-reactive ketones (excluding diaryl/α,β-unsaturated/α-hetero) is 3. The van der Waals surface area contributed by atoms with Crippen molar-refractivity contribution in [3.8, 4) is 5.75 Å². The summed E-state index contributed by atoms with van der Waals surface area (Å²) in [6.45, 7) is 1.92. The van der Waals surface area contributed by atoms with Gasteiger partial charge < -0.3 is 25.9 Å². The van der Waals surface area contributed by atoms with Crippen molar-refractivity contribution >= 4 is 46.3 Å². The molecule has 0 bridgehead atoms. The number of likely N-dealkylation sites (N-methyl/N-ethyl adjacent to an activating group) is 1. The summed E-state index contributed by atoms with van der Waals surface area (Å²) < 4.78 is 0. The number of nitrogens with one attached hydrogen (secondary N) is 1. The molecule has 2 heterocycles. The second kappa shape index (κ2) is 10.1. The van der Waals surface area contributed by atoms with Crippen LogP contribution in [0.5, 0.6) is 5.75 Å². The Labute approximate surface area is 261 Å². The van der Waals surface area contributed by atoms with Crippen molar-refractivity contribution in [2.45, 2.75) is 50.2 Å². The fourth-order valence-electron chi connectivity index (χ4n) is 9.15. The summed E-state index contributed by atoms with van der Waals surface area (Å²) in [4.78, 5) is 79.2. The molecule has 240 valence electrons. The quantitative estimate of drug-likeness (QED) is 0.301. The zero-order valence-electron chi connectivity index (χ0n) is 26.1. The molecule has 13 heteroatoms. The Hall–Kier alpha value is -3.84. The number of benzene rings is 1. The second-order valence-corrected chi connectivity index (χ2v) is 14.4. The Bertz CT molecular complexity index is 1580. The summed E-state index contributed by atoms with van der Waals surface area (Å²) in [7, 11) is 7.02. The number of amides is 2. The second-order valence-electron chi connectivity index (χ2n) is 14.4. The van der Waals surface area contributed by atoms with Crippen LogP contribution in [-0.2, 0) is 30.4 Å². The van der Waals surface area contributed by atoms with Gasteiger partial charge in [0.15, 0.2) is 17.3 Å². The maximum atomic E-state index is 14.4. The molecule has 4 N–H and O–H groups in total. The smallest absolute Gasteiger partial charge is 0.242 e. The minimum absolute atomic E-state index is 0.00384. The molecule has 6 atom stereocenters. The topological polar surface area (TPSA) is 175 Å². The van der Waals surface area contributed by atoms with E-state index < -0.39 is 58.6 Å². The summed E-state index contributed by atoms with van der Waals surface area (Å²) in [5, 5.41) is 18.2. The number of likely N-dealkylation sites (tertiary alicyclic amines) is 1. The van der Waals surface area contributed by atoms with Crippen LogP contribution in [0.25, 0.3) is 0 Å². The molecule has 13 nitrogen and oxygen atoms in total. The molecule has 2 aliphatic heterocycles. The number of ketones is 3. The van der Waals surface area contributed by atoms with Gasteiger partial charge in [-0.25, -0.2) is 0 Å². The third-order valence-electron chi connectivity index (χ3n) is 11.4. The number of nitrogens with two attached hydrogens (primary N) is 1. The molecule has 1 aromatic rings. The first-order chi connectivity index (χ1) is 21.3. The number of hydrogen-bond acceptors (Lipinski definition) is 11. The summed E-state index contributed by atoms with van der Waals surface area (Å²) in [5.74, 6) is -6.96. The molecular formula is C32H40N6O7. The van der Waals surface area contributed by atoms with Crippen LogP contribution in [0.3, 0.4) is 0 Å². The Kier molecular flexibility index (Phi) is 6.69. The van der Waals surface area contributed by atoms with E-state index in [4.69, 9.17) is 10.6 Å². The van der Waals surface area contributed by atoms with E-state index >= 15 is 0 Å². The summed E-state index contributed by atoms with van der Waals surface area (Å²) >= 11 is 0. The summed E-state index contributed by atoms with van der Waals surface area (Å²) in [5.41, 5.74) is 5.53. The van der Waals surface area contributed by atoms with E-state index in [2.05, 4.69) is 15.4 Å². The first-order valence-electron chi connectivity index (χ1n) is 15.7. The molecular weight excluding hydrogens is 580 g/mol. The highest BCUT2D eigenvalue weighted by atomic mass is 16.7. The van der Waals surface area contributed by atoms with E-state index in [0.29, 0.717) is 16.7 Å². The Morgan fingerprint density at radius 1 is 1.18 bits per heavy atom. The highest BCUT2D eigenvalue weighted by Crippen LogP contribution is 2.56. The van der Waals surface area contributed by atoms with Crippen LogP contribution in [0.4, 0.5) is 11.4 Å². The van der Waals surface area contributed by atoms with Crippen molar-refractivity contribution in [1.29, 1.82) is 0 Å². The maximum Gasteiger partial charge on any atom is 0.242 e. The largest absolute Gasteiger partial charge is 0.505 e. The van der Waals surface area contributed by atoms with Crippen molar-refractivity contribution in [3.63, 3.8) is 0 Å². The van der Waals surface area contributed by atoms with E-state index in [1.807, 2.05) is 19.0 Å². The van der Waals surface area contributed by atoms with E-state index in [9.17, 15) is 29.1 Å². The van der Waals surface area contributed by atoms with Gasteiger partial charge in [-0.2, -0.15) is 0 Å². The van der Waals surface area contributed by atoms with Gasteiger partial charge in [-0.15, -0.1) is 0 Å². The Morgan fingerprint density at radius 3 is 2.47 bits per heavy atom. The molecule has 4 aliphatic carbocycles. The number of carbonyl (C=O) groups is 5. The van der Waals surface area contributed by atoms with Crippen molar-refractivity contribution in [2.24, 2.45) is 40.0 Å². The van der Waals surface area contributed by atoms with Gasteiger partial charge in [-0.1, -0.05) is 11.6 Å². The van der Waals surface area contributed by atoms with Gasteiger partial charge in [-0.3, -0.25) is 33.8 Å². The summed E-state index contributed by atoms with van der Waals surface area (Å²) in [6, 6.07) is 0.824. The van der Waals surface area contributed by atoms with Crippen molar-refractivity contribution in [2.75, 3.05) is 58.0 Å². The van der Waals surface area contributed by atoms with Gasteiger partial charge in [0.2, 0.25) is 17.4 Å². The van der Waals surface area contributed by atoms with Crippen LogP contribution in [0.2, 0.25) is 0 Å². The molecule has 6 aliphatic rings. The lowest BCUT2D eigenvalue weighted by atomic mass is 9.51. The third kappa shape index (κ3) is 4.12. The summed E-state index contributed by atoms with van der Waals surface area (Å²) in [6.07, 6.45) is 5.28. The number of aromatic hydroxyl groups is 1. The number of fused-ring (bicyclic) bond motifs is 2. The predicted molar refractivity (Wildman–Crippen MR) is 163 cm³/mol. The van der Waals surface area contributed by atoms with Gasteiger partial charge in [0.25, 0.3) is 0 Å². The number of anilines is 2. The van der Waals surface area contributed by atoms with Gasteiger partial charge >= 0.3 is 0 Å². The number of carbonyl (C=O) groups excluding carboxylic acids is 5. The standard InChI is InChI=1S/C32H40N6O7/c1-36(2)19-12-18(34-20(39)13-38-9-8-31(14-38)6-5-7-31)25(40)22-16(19)10-15-11-17-24(37(3)4)27(42)23(30(33)44)28-32(17,45-35-28)29(43)21(15)26(22)41/h12,15,17,21,23-24,40H,5-11,13-14H2,1-4H3,(H2,33,44)(H,34,39).